The Morgan fingerprint density at radius 3 is 2.53 bits per heavy atom. The van der Waals surface area contributed by atoms with Crippen LogP contribution in [0, 0.1) is 0 Å². The Kier molecular flexibility index (Phi) is 7.49. The predicted octanol–water partition coefficient (Wildman–Crippen LogP) is 5.42. The van der Waals surface area contributed by atoms with Crippen LogP contribution in [0.15, 0.2) is 59.1 Å². The van der Waals surface area contributed by atoms with Crippen LogP contribution in [0.1, 0.15) is 19.5 Å². The molecule has 10 heteroatoms. The van der Waals surface area contributed by atoms with Gasteiger partial charge in [0.2, 0.25) is 5.91 Å². The van der Waals surface area contributed by atoms with E-state index in [9.17, 15) is 4.79 Å². The van der Waals surface area contributed by atoms with Crippen molar-refractivity contribution in [2.45, 2.75) is 31.3 Å². The Morgan fingerprint density at radius 2 is 1.85 bits per heavy atom. The van der Waals surface area contributed by atoms with E-state index in [0.29, 0.717) is 22.3 Å². The van der Waals surface area contributed by atoms with Crippen molar-refractivity contribution in [3.8, 4) is 22.9 Å². The second-order valence-corrected chi connectivity index (χ2v) is 8.99. The molecular formula is C24H25N5O3S2. The number of hydrogen-bond donors (Lipinski definition) is 0. The van der Waals surface area contributed by atoms with Crippen molar-refractivity contribution in [1.82, 2.24) is 19.7 Å². The number of thiazole rings is 1. The van der Waals surface area contributed by atoms with E-state index < -0.39 is 0 Å². The average Bonchev–Trinajstić information content (AvgIpc) is 3.49. The third-order valence-corrected chi connectivity index (χ3v) is 6.98. The highest BCUT2D eigenvalue weighted by atomic mass is 32.2. The second-order valence-electron chi connectivity index (χ2n) is 7.22. The smallest absolute Gasteiger partial charge is 0.230 e. The molecule has 0 saturated carbocycles. The number of nitrogens with zero attached hydrogens (tertiary/aromatic N) is 5. The number of aromatic nitrogens is 4. The molecule has 0 aliphatic rings. The molecule has 0 N–H and O–H groups in total. The number of thioether (sulfide) groups is 1. The van der Waals surface area contributed by atoms with Crippen molar-refractivity contribution in [3.05, 3.63) is 59.6 Å². The van der Waals surface area contributed by atoms with Crippen LogP contribution in [0.2, 0.25) is 0 Å². The van der Waals surface area contributed by atoms with E-state index in [4.69, 9.17) is 14.5 Å². The highest BCUT2D eigenvalue weighted by molar-refractivity contribution is 7.98. The van der Waals surface area contributed by atoms with E-state index in [2.05, 4.69) is 21.7 Å². The van der Waals surface area contributed by atoms with E-state index in [1.165, 1.54) is 18.3 Å². The molecule has 2 aromatic carbocycles. The molecule has 8 nitrogen and oxygen atoms in total. The van der Waals surface area contributed by atoms with Crippen LogP contribution in [0.3, 0.4) is 0 Å². The van der Waals surface area contributed by atoms with Gasteiger partial charge in [0, 0.05) is 30.2 Å². The summed E-state index contributed by atoms with van der Waals surface area (Å²) in [4.78, 5) is 18.8. The molecule has 0 bridgehead atoms. The minimum absolute atomic E-state index is 0.132. The van der Waals surface area contributed by atoms with E-state index >= 15 is 0 Å². The van der Waals surface area contributed by atoms with Gasteiger partial charge in [0.05, 0.1) is 25.6 Å². The number of benzene rings is 2. The lowest BCUT2D eigenvalue weighted by Crippen LogP contribution is -2.23. The molecule has 34 heavy (non-hydrogen) atoms. The highest BCUT2D eigenvalue weighted by Gasteiger charge is 2.21. The summed E-state index contributed by atoms with van der Waals surface area (Å²) in [5.41, 5.74) is 2.51. The molecule has 0 saturated heterocycles. The van der Waals surface area contributed by atoms with Gasteiger partial charge in [-0.2, -0.15) is 0 Å². The molecule has 2 aromatic heterocycles. The molecule has 0 atom stereocenters. The molecule has 2 heterocycles. The van der Waals surface area contributed by atoms with Gasteiger partial charge in [0.1, 0.15) is 11.5 Å². The Hall–Kier alpha value is -3.37. The molecule has 176 valence electrons. The number of anilines is 2. The molecule has 0 fully saturated rings. The summed E-state index contributed by atoms with van der Waals surface area (Å²) in [6, 6.07) is 15.2. The number of ether oxygens (including phenoxy) is 2. The maximum atomic E-state index is 12.5. The Morgan fingerprint density at radius 1 is 1.09 bits per heavy atom. The largest absolute Gasteiger partial charge is 0.497 e. The molecule has 0 spiro atoms. The highest BCUT2D eigenvalue weighted by Crippen LogP contribution is 2.36. The maximum absolute atomic E-state index is 12.5. The fourth-order valence-electron chi connectivity index (χ4n) is 3.46. The second kappa shape index (κ2) is 10.7. The maximum Gasteiger partial charge on any atom is 0.230 e. The van der Waals surface area contributed by atoms with Gasteiger partial charge in [-0.3, -0.25) is 9.69 Å². The lowest BCUT2D eigenvalue weighted by molar-refractivity contribution is -0.115. The monoisotopic (exact) mass is 495 g/mol. The Bertz CT molecular complexity index is 1270. The van der Waals surface area contributed by atoms with E-state index in [1.54, 1.807) is 30.9 Å². The number of amides is 1. The summed E-state index contributed by atoms with van der Waals surface area (Å²) >= 11 is 2.99. The van der Waals surface area contributed by atoms with Gasteiger partial charge in [-0.05, 0) is 43.3 Å². The normalized spacial score (nSPS) is 10.8. The average molecular weight is 496 g/mol. The van der Waals surface area contributed by atoms with Crippen molar-refractivity contribution < 1.29 is 14.3 Å². The minimum atomic E-state index is -0.132. The summed E-state index contributed by atoms with van der Waals surface area (Å²) in [7, 11) is 3.24. The van der Waals surface area contributed by atoms with Gasteiger partial charge < -0.3 is 14.0 Å². The first kappa shape index (κ1) is 23.8. The van der Waals surface area contributed by atoms with Crippen molar-refractivity contribution >= 4 is 39.8 Å². The van der Waals surface area contributed by atoms with Gasteiger partial charge in [-0.15, -0.1) is 21.5 Å². The fraction of sp³-hybridized carbons (Fsp3) is 0.250. The Balaban J connectivity index is 1.52. The first-order valence-corrected chi connectivity index (χ1v) is 12.5. The van der Waals surface area contributed by atoms with E-state index in [-0.39, 0.29) is 5.91 Å². The molecule has 0 aliphatic carbocycles. The molecule has 4 rings (SSSR count). The number of carbonyl (C=O) groups excluding carboxylic acids is 1. The standard InChI is InChI=1S/C24H25N5O3S2/c1-5-28-22(17-10-12-19(31-3)13-11-17)26-27-24(28)34-15-18-14-33-23(25-18)29(16(2)30)20-8-6-7-9-21(20)32-4/h6-14H,5,15H2,1-4H3. The minimum Gasteiger partial charge on any atom is -0.497 e. The molecular weight excluding hydrogens is 470 g/mol. The number of rotatable bonds is 9. The summed E-state index contributed by atoms with van der Waals surface area (Å²) < 4.78 is 12.8. The lowest BCUT2D eigenvalue weighted by atomic mass is 10.2. The molecule has 0 radical (unpaired) electrons. The first-order valence-electron chi connectivity index (χ1n) is 10.6. The van der Waals surface area contributed by atoms with Crippen molar-refractivity contribution in [3.63, 3.8) is 0 Å². The molecule has 0 unspecified atom stereocenters. The van der Waals surface area contributed by atoms with Crippen molar-refractivity contribution in [2.75, 3.05) is 19.1 Å². The quantitative estimate of drug-likeness (QED) is 0.287. The molecule has 1 amide bonds. The molecule has 4 aromatic rings. The van der Waals surface area contributed by atoms with Gasteiger partial charge in [-0.25, -0.2) is 4.98 Å². The van der Waals surface area contributed by atoms with Gasteiger partial charge in [-0.1, -0.05) is 23.9 Å². The summed E-state index contributed by atoms with van der Waals surface area (Å²) in [6.45, 7) is 4.33. The Labute approximate surface area is 206 Å². The topological polar surface area (TPSA) is 82.4 Å². The van der Waals surface area contributed by atoms with Crippen LogP contribution in [0.4, 0.5) is 10.8 Å². The van der Waals surface area contributed by atoms with Crippen LogP contribution in [0.25, 0.3) is 11.4 Å². The van der Waals surface area contributed by atoms with Crippen molar-refractivity contribution in [2.24, 2.45) is 0 Å². The number of carbonyl (C=O) groups is 1. The summed E-state index contributed by atoms with van der Waals surface area (Å²) in [5.74, 6) is 2.70. The SMILES string of the molecule is CCn1c(SCc2csc(N(C(C)=O)c3ccccc3OC)n2)nnc1-c1ccc(OC)cc1. The third-order valence-electron chi connectivity index (χ3n) is 5.10. The molecule has 0 aliphatic heterocycles. The van der Waals surface area contributed by atoms with Crippen LogP contribution in [-0.2, 0) is 17.1 Å². The van der Waals surface area contributed by atoms with Crippen LogP contribution in [-0.4, -0.2) is 39.9 Å². The fourth-order valence-corrected chi connectivity index (χ4v) is 5.34. The van der Waals surface area contributed by atoms with Crippen molar-refractivity contribution in [1.29, 1.82) is 0 Å². The lowest BCUT2D eigenvalue weighted by Gasteiger charge is -2.20. The number of para-hydroxylation sites is 2. The number of hydrogen-bond acceptors (Lipinski definition) is 8. The van der Waals surface area contributed by atoms with Gasteiger partial charge in [0.15, 0.2) is 16.1 Å². The van der Waals surface area contributed by atoms with E-state index in [0.717, 1.165) is 34.5 Å². The summed E-state index contributed by atoms with van der Waals surface area (Å²) in [6.07, 6.45) is 0. The zero-order valence-electron chi connectivity index (χ0n) is 19.4. The zero-order chi connectivity index (χ0) is 24.1. The first-order chi connectivity index (χ1) is 16.5. The number of methoxy groups -OCH3 is 2. The van der Waals surface area contributed by atoms with Crippen LogP contribution in [0.5, 0.6) is 11.5 Å². The predicted molar refractivity (Wildman–Crippen MR) is 135 cm³/mol. The third kappa shape index (κ3) is 4.92. The van der Waals surface area contributed by atoms with Crippen LogP contribution < -0.4 is 14.4 Å². The van der Waals surface area contributed by atoms with Gasteiger partial charge in [0.25, 0.3) is 0 Å². The van der Waals surface area contributed by atoms with E-state index in [1.807, 2.05) is 53.9 Å². The summed E-state index contributed by atoms with van der Waals surface area (Å²) in [5, 5.41) is 12.2. The van der Waals surface area contributed by atoms with Crippen LogP contribution >= 0.6 is 23.1 Å². The van der Waals surface area contributed by atoms with Gasteiger partial charge >= 0.3 is 0 Å². The zero-order valence-corrected chi connectivity index (χ0v) is 21.0.